The van der Waals surface area contributed by atoms with Crippen LogP contribution < -0.4 is 21.5 Å². The van der Waals surface area contributed by atoms with Crippen molar-refractivity contribution in [2.45, 2.75) is 13.8 Å². The number of nitrogens with zero attached hydrogens (tertiary/aromatic N) is 2. The van der Waals surface area contributed by atoms with Gasteiger partial charge in [0.1, 0.15) is 0 Å². The van der Waals surface area contributed by atoms with Crippen molar-refractivity contribution in [1.82, 2.24) is 21.5 Å². The summed E-state index contributed by atoms with van der Waals surface area (Å²) in [5.41, 5.74) is 6.76. The van der Waals surface area contributed by atoms with E-state index in [4.69, 9.17) is 24.4 Å². The fourth-order valence-electron chi connectivity index (χ4n) is 0.543. The fourth-order valence-corrected chi connectivity index (χ4v) is 0.634. The summed E-state index contributed by atoms with van der Waals surface area (Å²) in [4.78, 5) is 0. The van der Waals surface area contributed by atoms with Crippen LogP contribution in [-0.2, 0) is 17.1 Å². The molecule has 0 heterocycles. The summed E-state index contributed by atoms with van der Waals surface area (Å²) < 4.78 is 0. The minimum Gasteiger partial charge on any atom is -0.364 e. The van der Waals surface area contributed by atoms with E-state index in [1.165, 1.54) is 0 Å². The van der Waals surface area contributed by atoms with E-state index in [0.29, 0.717) is 21.6 Å². The van der Waals surface area contributed by atoms with Crippen molar-refractivity contribution in [2.24, 2.45) is 10.2 Å². The van der Waals surface area contributed by atoms with Gasteiger partial charge >= 0.3 is 0 Å². The van der Waals surface area contributed by atoms with Crippen molar-refractivity contribution in [3.8, 4) is 0 Å². The van der Waals surface area contributed by atoms with Crippen LogP contribution in [-0.4, -0.2) is 35.7 Å². The average Bonchev–Trinajstić information content (AvgIpc) is 2.31. The Labute approximate surface area is 123 Å². The van der Waals surface area contributed by atoms with E-state index in [1.54, 1.807) is 14.1 Å². The molecule has 1 radical (unpaired) electrons. The number of thiocarbonyl (C=S) groups is 2. The molecular formula is C8H16CuN6S2. The molecule has 0 fully saturated rings. The molecule has 0 rings (SSSR count). The summed E-state index contributed by atoms with van der Waals surface area (Å²) >= 11 is 9.74. The molecule has 4 N–H and O–H groups in total. The fraction of sp³-hybridized carbons (Fsp3) is 0.500. The Bertz CT molecular complexity index is 296. The quantitative estimate of drug-likeness (QED) is 0.252. The van der Waals surface area contributed by atoms with Gasteiger partial charge in [-0.05, 0) is 38.3 Å². The second kappa shape index (κ2) is 10.4. The van der Waals surface area contributed by atoms with E-state index >= 15 is 0 Å². The zero-order chi connectivity index (χ0) is 12.6. The molecule has 0 unspecified atom stereocenters. The Hall–Kier alpha value is -0.761. The van der Waals surface area contributed by atoms with E-state index in [-0.39, 0.29) is 17.1 Å². The van der Waals surface area contributed by atoms with Gasteiger partial charge in [-0.25, -0.2) is 0 Å². The average molecular weight is 327 g/mol. The molecule has 0 aromatic heterocycles. The standard InChI is InChI=1S/C8H16N6S2.Cu/c1-5(11-13-7(15)9-3)6(2)12-14-8(16)10-4;/h1-4H3,(H2,9,13,15)(H2,10,14,16);/b11-5-,12-6+;/i;1+3. The van der Waals surface area contributed by atoms with Crippen LogP contribution in [0.5, 0.6) is 0 Å². The molecule has 17 heavy (non-hydrogen) atoms. The molecule has 101 valence electrons. The Balaban J connectivity index is 0. The second-order valence-electron chi connectivity index (χ2n) is 2.78. The minimum absolute atomic E-state index is 0. The van der Waals surface area contributed by atoms with Crippen molar-refractivity contribution in [3.05, 3.63) is 0 Å². The number of nitrogens with one attached hydrogen (secondary N) is 4. The zero-order valence-corrected chi connectivity index (χ0v) is 12.6. The molecule has 6 nitrogen and oxygen atoms in total. The van der Waals surface area contributed by atoms with Crippen LogP contribution in [0.1, 0.15) is 13.8 Å². The van der Waals surface area contributed by atoms with Gasteiger partial charge in [-0.3, -0.25) is 10.9 Å². The van der Waals surface area contributed by atoms with Crippen LogP contribution in [0, 0.1) is 0 Å². The first-order valence-electron chi connectivity index (χ1n) is 4.55. The summed E-state index contributed by atoms with van der Waals surface area (Å²) in [5.74, 6) is 0. The molecule has 9 heteroatoms. The molecule has 0 bridgehead atoms. The smallest absolute Gasteiger partial charge is 0.186 e. The first kappa shape index (κ1) is 18.6. The number of hydrogen-bond donors (Lipinski definition) is 4. The van der Waals surface area contributed by atoms with Crippen LogP contribution in [0.25, 0.3) is 0 Å². The number of rotatable bonds is 3. The number of hydrazone groups is 2. The maximum atomic E-state index is 4.87. The molecule has 0 saturated heterocycles. The van der Waals surface area contributed by atoms with E-state index in [0.717, 1.165) is 0 Å². The van der Waals surface area contributed by atoms with Crippen molar-refractivity contribution >= 4 is 46.1 Å². The van der Waals surface area contributed by atoms with Gasteiger partial charge in [0, 0.05) is 31.2 Å². The summed E-state index contributed by atoms with van der Waals surface area (Å²) in [5, 5.41) is 14.4. The van der Waals surface area contributed by atoms with Gasteiger partial charge < -0.3 is 10.6 Å². The van der Waals surface area contributed by atoms with E-state index < -0.39 is 0 Å². The molecule has 0 spiro atoms. The van der Waals surface area contributed by atoms with Crippen LogP contribution in [0.15, 0.2) is 10.2 Å². The summed E-state index contributed by atoms with van der Waals surface area (Å²) in [6.45, 7) is 3.63. The Morgan fingerprint density at radius 3 is 1.35 bits per heavy atom. The molecule has 0 saturated carbocycles. The van der Waals surface area contributed by atoms with Crippen molar-refractivity contribution in [2.75, 3.05) is 14.1 Å². The maximum absolute atomic E-state index is 4.87. The Kier molecular flexibility index (Phi) is 11.4. The van der Waals surface area contributed by atoms with E-state index in [9.17, 15) is 0 Å². The minimum atomic E-state index is 0. The molecule has 0 aromatic carbocycles. The van der Waals surface area contributed by atoms with E-state index in [1.807, 2.05) is 13.8 Å². The first-order valence-corrected chi connectivity index (χ1v) is 5.37. The van der Waals surface area contributed by atoms with Crippen LogP contribution in [0.3, 0.4) is 0 Å². The van der Waals surface area contributed by atoms with Crippen molar-refractivity contribution < 1.29 is 17.1 Å². The molecule has 0 aliphatic rings. The first-order chi connectivity index (χ1) is 7.51. The Morgan fingerprint density at radius 1 is 0.824 bits per heavy atom. The predicted octanol–water partition coefficient (Wildman–Crippen LogP) is -0.0765. The molecule has 0 atom stereocenters. The Morgan fingerprint density at radius 2 is 1.12 bits per heavy atom. The van der Waals surface area contributed by atoms with Gasteiger partial charge in [0.05, 0.1) is 11.4 Å². The third kappa shape index (κ3) is 8.99. The summed E-state index contributed by atoms with van der Waals surface area (Å²) in [7, 11) is 3.43. The zero-order valence-electron chi connectivity index (χ0n) is 10.0. The largest absolute Gasteiger partial charge is 0.364 e. The molecule has 0 aromatic rings. The summed E-state index contributed by atoms with van der Waals surface area (Å²) in [6.07, 6.45) is 0. The van der Waals surface area contributed by atoms with Crippen molar-refractivity contribution in [3.63, 3.8) is 0 Å². The normalized spacial score (nSPS) is 11.1. The molecule has 0 amide bonds. The van der Waals surface area contributed by atoms with Crippen molar-refractivity contribution in [1.29, 1.82) is 0 Å². The van der Waals surface area contributed by atoms with Gasteiger partial charge in [-0.2, -0.15) is 10.2 Å². The number of hydrogen-bond acceptors (Lipinski definition) is 4. The third-order valence-corrected chi connectivity index (χ3v) is 2.22. The van der Waals surface area contributed by atoms with Gasteiger partial charge in [-0.1, -0.05) is 0 Å². The maximum Gasteiger partial charge on any atom is 0.186 e. The van der Waals surface area contributed by atoms with Gasteiger partial charge in [-0.15, -0.1) is 0 Å². The summed E-state index contributed by atoms with van der Waals surface area (Å²) in [6, 6.07) is 0. The molecule has 0 aliphatic carbocycles. The SMILES string of the molecule is CNC(=S)N/N=C(C)\C(C)=N\NC(=S)NC.[67Cu]. The van der Waals surface area contributed by atoms with Gasteiger partial charge in [0.2, 0.25) is 0 Å². The molecular weight excluding hydrogens is 311 g/mol. The van der Waals surface area contributed by atoms with Gasteiger partial charge in [0.15, 0.2) is 10.2 Å². The van der Waals surface area contributed by atoms with Crippen LogP contribution in [0.2, 0.25) is 0 Å². The molecule has 0 aliphatic heterocycles. The van der Waals surface area contributed by atoms with Crippen LogP contribution in [0.4, 0.5) is 0 Å². The topological polar surface area (TPSA) is 72.8 Å². The predicted molar refractivity (Wildman–Crippen MR) is 75.8 cm³/mol. The second-order valence-corrected chi connectivity index (χ2v) is 3.59. The monoisotopic (exact) mass is 327 g/mol. The van der Waals surface area contributed by atoms with E-state index in [2.05, 4.69) is 31.7 Å². The third-order valence-electron chi connectivity index (χ3n) is 1.63. The van der Waals surface area contributed by atoms with Crippen LogP contribution >= 0.6 is 24.4 Å². The van der Waals surface area contributed by atoms with Gasteiger partial charge in [0.25, 0.3) is 0 Å².